The van der Waals surface area contributed by atoms with Gasteiger partial charge in [0.1, 0.15) is 108 Å². The molecule has 0 saturated carbocycles. The molecule has 346 valence electrons. The number of hydrogen-bond donors (Lipinski definition) is 13. The summed E-state index contributed by atoms with van der Waals surface area (Å²) < 4.78 is 40.1. The number of carbonyl (C=O) groups excluding carboxylic acids is 1. The van der Waals surface area contributed by atoms with E-state index in [2.05, 4.69) is 0 Å². The van der Waals surface area contributed by atoms with E-state index in [1.807, 2.05) is 0 Å². The minimum atomic E-state index is -2.36. The van der Waals surface area contributed by atoms with Gasteiger partial charge >= 0.3 is 5.97 Å². The number of esters is 1. The fourth-order valence-corrected chi connectivity index (χ4v) is 7.67. The normalized spacial score (nSPS) is 31.9. The number of carbonyl (C=O) groups is 1. The highest BCUT2D eigenvalue weighted by atomic mass is 16.7. The maximum atomic E-state index is 14.2. The van der Waals surface area contributed by atoms with E-state index < -0.39 is 150 Å². The number of phenolic OH excluding ortho intramolecular Hbond substituents is 3. The molecule has 0 radical (unpaired) electrons. The minimum Gasteiger partial charge on any atom is -0.508 e. The number of methoxy groups -OCH3 is 1. The molecular formula is C42H46O22. The molecule has 4 aromatic rings. The van der Waals surface area contributed by atoms with Gasteiger partial charge in [0.2, 0.25) is 6.29 Å². The van der Waals surface area contributed by atoms with Crippen LogP contribution in [-0.2, 0) is 23.7 Å². The summed E-state index contributed by atoms with van der Waals surface area (Å²) in [5.41, 5.74) is -4.93. The highest BCUT2D eigenvalue weighted by Gasteiger charge is 2.54. The predicted octanol–water partition coefficient (Wildman–Crippen LogP) is -2.30. The summed E-state index contributed by atoms with van der Waals surface area (Å²) >= 11 is 0. The van der Waals surface area contributed by atoms with Crippen LogP contribution < -0.4 is 14.9 Å². The smallest absolute Gasteiger partial charge is 0.330 e. The average molecular weight is 903 g/mol. The van der Waals surface area contributed by atoms with E-state index in [0.717, 1.165) is 12.1 Å². The van der Waals surface area contributed by atoms with Gasteiger partial charge in [0.25, 0.3) is 0 Å². The Morgan fingerprint density at radius 3 is 2.09 bits per heavy atom. The first-order chi connectivity index (χ1) is 30.4. The second kappa shape index (κ2) is 18.6. The molecule has 13 atom stereocenters. The molecule has 22 nitrogen and oxygen atoms in total. The Morgan fingerprint density at radius 1 is 0.828 bits per heavy atom. The van der Waals surface area contributed by atoms with Crippen molar-refractivity contribution >= 4 is 23.0 Å². The lowest BCUT2D eigenvalue weighted by Gasteiger charge is -2.43. The molecule has 0 amide bonds. The van der Waals surface area contributed by atoms with Crippen molar-refractivity contribution in [3.63, 3.8) is 0 Å². The maximum absolute atomic E-state index is 14.2. The number of aliphatic hydroxyl groups excluding tert-OH is 9. The molecule has 13 N–H and O–H groups in total. The van der Waals surface area contributed by atoms with Crippen LogP contribution in [0.3, 0.4) is 0 Å². The molecule has 0 bridgehead atoms. The number of rotatable bonds is 12. The zero-order chi connectivity index (χ0) is 46.4. The molecule has 3 saturated heterocycles. The van der Waals surface area contributed by atoms with Crippen LogP contribution in [0.1, 0.15) is 28.9 Å². The zero-order valence-electron chi connectivity index (χ0n) is 33.5. The van der Waals surface area contributed by atoms with E-state index in [1.165, 1.54) is 55.7 Å². The summed E-state index contributed by atoms with van der Waals surface area (Å²) in [7, 11) is 1.32. The van der Waals surface area contributed by atoms with Crippen molar-refractivity contribution in [1.82, 2.24) is 0 Å². The van der Waals surface area contributed by atoms with E-state index in [1.54, 1.807) is 0 Å². The van der Waals surface area contributed by atoms with Crippen molar-refractivity contribution in [2.24, 2.45) is 0 Å². The summed E-state index contributed by atoms with van der Waals surface area (Å²) in [6, 6.07) is 10.3. The highest BCUT2D eigenvalue weighted by Crippen LogP contribution is 2.52. The van der Waals surface area contributed by atoms with Crippen LogP contribution in [0.15, 0.2) is 63.8 Å². The standard InChI is InChI=1S/C42H46O22/c1-58-22-10-16(2-8-19(22)46)3-9-25(48)59-13-24-30(50)33(53)35(55)39(63-24)28-36-26(20(47)11-21(61-36)17-4-6-18(45)7-5-17)31(51)27(38-34(54)32(52)29(49)23(12-43)62-38)37(28)64-41-40(56)42(57,14-44)15-60-41/h2-11,23-24,29-30,32-35,38-41,43-46,49-57H,12-15H2,1H3/b9-3-/t23-,24-,29-,30-,32+,33+,34-,35-,38-,39+,40+,41+,42-/m1/s1. The number of benzene rings is 3. The molecule has 7 rings (SSSR count). The Balaban J connectivity index is 1.41. The SMILES string of the molecule is COc1cc(/C=C\C(=O)OC[C@H]2O[C@@H](c3c(O[C@@H]4OC[C@](O)(CO)[C@H]4O)c([C@H]4O[C@H](CO)[C@@H](O)[C@H](O)[C@H]4O)c(O)c4c(=O)cc(-c5ccc(O)cc5)oc34)[C@H](O)[C@@H](O)[C@@H]2O)ccc1O. The van der Waals surface area contributed by atoms with Crippen molar-refractivity contribution in [2.75, 3.05) is 33.5 Å². The third-order valence-corrected chi connectivity index (χ3v) is 11.3. The first kappa shape index (κ1) is 46.5. The molecule has 3 aromatic carbocycles. The summed E-state index contributed by atoms with van der Waals surface area (Å²) in [5, 5.41) is 140. The van der Waals surface area contributed by atoms with Crippen molar-refractivity contribution in [2.45, 2.75) is 79.0 Å². The Morgan fingerprint density at radius 2 is 1.47 bits per heavy atom. The van der Waals surface area contributed by atoms with Crippen molar-refractivity contribution < 1.29 is 104 Å². The quantitative estimate of drug-likeness (QED) is 0.0525. The number of hydrogen-bond acceptors (Lipinski definition) is 22. The monoisotopic (exact) mass is 902 g/mol. The van der Waals surface area contributed by atoms with Crippen molar-refractivity contribution in [3.8, 4) is 40.1 Å². The first-order valence-electron chi connectivity index (χ1n) is 19.6. The fraction of sp³-hybridized carbons (Fsp3) is 0.429. The van der Waals surface area contributed by atoms with Crippen LogP contribution in [0.2, 0.25) is 0 Å². The van der Waals surface area contributed by atoms with Crippen molar-refractivity contribution in [1.29, 1.82) is 0 Å². The third-order valence-electron chi connectivity index (χ3n) is 11.3. The van der Waals surface area contributed by atoms with Gasteiger partial charge in [0.05, 0.1) is 38.1 Å². The lowest BCUT2D eigenvalue weighted by molar-refractivity contribution is -0.235. The van der Waals surface area contributed by atoms with Gasteiger partial charge in [-0.2, -0.15) is 0 Å². The number of fused-ring (bicyclic) bond motifs is 1. The molecule has 0 spiro atoms. The Hall–Kier alpha value is -5.44. The largest absolute Gasteiger partial charge is 0.508 e. The van der Waals surface area contributed by atoms with Crippen molar-refractivity contribution in [3.05, 3.63) is 81.5 Å². The maximum Gasteiger partial charge on any atom is 0.330 e. The minimum absolute atomic E-state index is 0.108. The topological polar surface area (TPSA) is 366 Å². The van der Waals surface area contributed by atoms with E-state index in [0.29, 0.717) is 5.56 Å². The van der Waals surface area contributed by atoms with Crippen LogP contribution >= 0.6 is 0 Å². The lowest BCUT2D eigenvalue weighted by Crippen LogP contribution is -2.56. The summed E-state index contributed by atoms with van der Waals surface area (Å²) in [5.74, 6) is -3.41. The molecule has 4 heterocycles. The average Bonchev–Trinajstić information content (AvgIpc) is 3.57. The number of phenols is 3. The molecule has 3 aliphatic rings. The number of ether oxygens (including phenoxy) is 6. The van der Waals surface area contributed by atoms with Gasteiger partial charge in [-0.25, -0.2) is 4.79 Å². The van der Waals surface area contributed by atoms with Crippen LogP contribution in [0.25, 0.3) is 28.4 Å². The summed E-state index contributed by atoms with van der Waals surface area (Å²) in [6.07, 6.45) is -22.0. The van der Waals surface area contributed by atoms with Gasteiger partial charge in [0, 0.05) is 17.7 Å². The van der Waals surface area contributed by atoms with Crippen LogP contribution in [0.5, 0.6) is 28.7 Å². The second-order valence-electron chi connectivity index (χ2n) is 15.4. The number of aliphatic hydroxyl groups is 10. The van der Waals surface area contributed by atoms with Crippen LogP contribution in [0.4, 0.5) is 0 Å². The van der Waals surface area contributed by atoms with E-state index in [9.17, 15) is 76.0 Å². The highest BCUT2D eigenvalue weighted by molar-refractivity contribution is 5.92. The Kier molecular flexibility index (Phi) is 13.5. The van der Waals surface area contributed by atoms with E-state index >= 15 is 0 Å². The Labute approximate surface area is 360 Å². The van der Waals surface area contributed by atoms with Gasteiger partial charge in [-0.15, -0.1) is 0 Å². The molecule has 3 aliphatic heterocycles. The van der Waals surface area contributed by atoms with Crippen LogP contribution in [0, 0.1) is 0 Å². The van der Waals surface area contributed by atoms with Gasteiger partial charge in [0.15, 0.2) is 22.5 Å². The molecule has 3 fully saturated rings. The summed E-state index contributed by atoms with van der Waals surface area (Å²) in [4.78, 5) is 27.1. The molecular weight excluding hydrogens is 856 g/mol. The van der Waals surface area contributed by atoms with Gasteiger partial charge in [-0.1, -0.05) is 6.07 Å². The fourth-order valence-electron chi connectivity index (χ4n) is 7.67. The van der Waals surface area contributed by atoms with E-state index in [-0.39, 0.29) is 28.6 Å². The molecule has 64 heavy (non-hydrogen) atoms. The van der Waals surface area contributed by atoms with E-state index in [4.69, 9.17) is 32.8 Å². The first-order valence-corrected chi connectivity index (χ1v) is 19.6. The molecule has 0 unspecified atom stereocenters. The molecule has 1 aromatic heterocycles. The Bertz CT molecular complexity index is 2420. The molecule has 0 aliphatic carbocycles. The predicted molar refractivity (Wildman–Crippen MR) is 213 cm³/mol. The van der Waals surface area contributed by atoms with Crippen LogP contribution in [-0.4, -0.2) is 173 Å². The second-order valence-corrected chi connectivity index (χ2v) is 15.4. The van der Waals surface area contributed by atoms with Gasteiger partial charge in [-0.3, -0.25) is 4.79 Å². The molecule has 22 heteroatoms. The number of aromatic hydroxyl groups is 3. The van der Waals surface area contributed by atoms with Gasteiger partial charge < -0.3 is 99.2 Å². The van der Waals surface area contributed by atoms with Gasteiger partial charge in [-0.05, 0) is 48.0 Å². The summed E-state index contributed by atoms with van der Waals surface area (Å²) in [6.45, 7) is -3.62. The third kappa shape index (κ3) is 8.59. The lowest BCUT2D eigenvalue weighted by atomic mass is 9.85. The zero-order valence-corrected chi connectivity index (χ0v) is 33.5.